The van der Waals surface area contributed by atoms with E-state index < -0.39 is 0 Å². The molecule has 1 aromatic carbocycles. The van der Waals surface area contributed by atoms with E-state index >= 15 is 0 Å². The standard InChI is InChI=1S/C23H23N7/c1-2-4-16(5-3-1)21-14-18(29-30-21)15-26-23-19-8-12-25-13-9-20(19)27-22(28-23)17-6-10-24-11-7-17/h1-7,10-11,14,25H,8-9,12-13,15H2,(H,29,30)(H,26,27,28). The number of aromatic amines is 1. The molecule has 5 rings (SSSR count). The minimum atomic E-state index is 0.618. The number of anilines is 1. The molecule has 0 amide bonds. The van der Waals surface area contributed by atoms with Crippen LogP contribution in [0.25, 0.3) is 22.6 Å². The largest absolute Gasteiger partial charge is 0.364 e. The number of hydrogen-bond donors (Lipinski definition) is 3. The number of nitrogens with one attached hydrogen (secondary N) is 3. The van der Waals surface area contributed by atoms with Crippen LogP contribution >= 0.6 is 0 Å². The second-order valence-electron chi connectivity index (χ2n) is 7.30. The fourth-order valence-electron chi connectivity index (χ4n) is 3.71. The van der Waals surface area contributed by atoms with Crippen LogP contribution in [0.1, 0.15) is 17.0 Å². The van der Waals surface area contributed by atoms with Crippen molar-refractivity contribution in [3.8, 4) is 22.6 Å². The quantitative estimate of drug-likeness (QED) is 0.479. The number of nitrogens with zero attached hydrogens (tertiary/aromatic N) is 4. The third kappa shape index (κ3) is 3.92. The monoisotopic (exact) mass is 397 g/mol. The van der Waals surface area contributed by atoms with Crippen LogP contribution in [0.4, 0.5) is 5.82 Å². The first-order valence-electron chi connectivity index (χ1n) is 10.2. The highest BCUT2D eigenvalue weighted by Crippen LogP contribution is 2.25. The summed E-state index contributed by atoms with van der Waals surface area (Å²) in [5.41, 5.74) is 6.33. The molecule has 0 saturated carbocycles. The molecule has 0 bridgehead atoms. The van der Waals surface area contributed by atoms with E-state index in [1.165, 1.54) is 5.56 Å². The van der Waals surface area contributed by atoms with E-state index in [-0.39, 0.29) is 0 Å². The zero-order chi connectivity index (χ0) is 20.2. The molecule has 0 saturated heterocycles. The average Bonchev–Trinajstić information content (AvgIpc) is 3.15. The Balaban J connectivity index is 1.43. The van der Waals surface area contributed by atoms with Crippen molar-refractivity contribution in [1.82, 2.24) is 30.5 Å². The van der Waals surface area contributed by atoms with Crippen LogP contribution in [0.2, 0.25) is 0 Å². The van der Waals surface area contributed by atoms with E-state index in [1.807, 2.05) is 30.3 Å². The molecular weight excluding hydrogens is 374 g/mol. The van der Waals surface area contributed by atoms with Crippen molar-refractivity contribution in [3.63, 3.8) is 0 Å². The number of rotatable bonds is 5. The first kappa shape index (κ1) is 18.4. The maximum absolute atomic E-state index is 4.87. The summed E-state index contributed by atoms with van der Waals surface area (Å²) in [4.78, 5) is 13.8. The fraction of sp³-hybridized carbons (Fsp3) is 0.217. The van der Waals surface area contributed by atoms with Gasteiger partial charge in [0.1, 0.15) is 5.82 Å². The lowest BCUT2D eigenvalue weighted by Gasteiger charge is -2.14. The zero-order valence-electron chi connectivity index (χ0n) is 16.6. The lowest BCUT2D eigenvalue weighted by molar-refractivity contribution is 0.708. The van der Waals surface area contributed by atoms with Gasteiger partial charge in [-0.25, -0.2) is 9.97 Å². The molecule has 4 heterocycles. The number of pyridine rings is 1. The van der Waals surface area contributed by atoms with Crippen LogP contribution in [0.3, 0.4) is 0 Å². The molecule has 3 N–H and O–H groups in total. The van der Waals surface area contributed by atoms with E-state index in [9.17, 15) is 0 Å². The second-order valence-corrected chi connectivity index (χ2v) is 7.30. The second kappa shape index (κ2) is 8.42. The van der Waals surface area contributed by atoms with Crippen molar-refractivity contribution in [2.45, 2.75) is 19.4 Å². The van der Waals surface area contributed by atoms with Gasteiger partial charge in [-0.2, -0.15) is 5.10 Å². The minimum Gasteiger partial charge on any atom is -0.364 e. The Morgan fingerprint density at radius 3 is 2.60 bits per heavy atom. The summed E-state index contributed by atoms with van der Waals surface area (Å²) in [7, 11) is 0. The van der Waals surface area contributed by atoms with Crippen LogP contribution < -0.4 is 10.6 Å². The third-order valence-electron chi connectivity index (χ3n) is 5.27. The van der Waals surface area contributed by atoms with Crippen molar-refractivity contribution in [3.05, 3.63) is 77.9 Å². The number of fused-ring (bicyclic) bond motifs is 1. The van der Waals surface area contributed by atoms with E-state index in [0.29, 0.717) is 6.54 Å². The average molecular weight is 397 g/mol. The van der Waals surface area contributed by atoms with Crippen molar-refractivity contribution in [1.29, 1.82) is 0 Å². The molecule has 0 radical (unpaired) electrons. The lowest BCUT2D eigenvalue weighted by atomic mass is 10.1. The van der Waals surface area contributed by atoms with Crippen molar-refractivity contribution >= 4 is 5.82 Å². The van der Waals surface area contributed by atoms with Gasteiger partial charge in [-0.05, 0) is 31.2 Å². The highest BCUT2D eigenvalue weighted by molar-refractivity contribution is 5.61. The maximum atomic E-state index is 4.87. The van der Waals surface area contributed by atoms with Crippen LogP contribution in [-0.4, -0.2) is 38.2 Å². The van der Waals surface area contributed by atoms with E-state index in [2.05, 4.69) is 44.0 Å². The third-order valence-corrected chi connectivity index (χ3v) is 5.27. The summed E-state index contributed by atoms with van der Waals surface area (Å²) >= 11 is 0. The molecule has 0 atom stereocenters. The van der Waals surface area contributed by atoms with Crippen LogP contribution in [0.15, 0.2) is 60.9 Å². The predicted octanol–water partition coefficient (Wildman–Crippen LogP) is 3.23. The molecule has 0 aliphatic carbocycles. The molecule has 30 heavy (non-hydrogen) atoms. The van der Waals surface area contributed by atoms with Crippen molar-refractivity contribution in [2.24, 2.45) is 0 Å². The molecule has 4 aromatic rings. The van der Waals surface area contributed by atoms with Gasteiger partial charge < -0.3 is 10.6 Å². The van der Waals surface area contributed by atoms with Crippen LogP contribution in [0.5, 0.6) is 0 Å². The zero-order valence-corrected chi connectivity index (χ0v) is 16.6. The topological polar surface area (TPSA) is 91.4 Å². The predicted molar refractivity (Wildman–Crippen MR) is 117 cm³/mol. The van der Waals surface area contributed by atoms with Crippen LogP contribution in [0, 0.1) is 0 Å². The molecule has 7 nitrogen and oxygen atoms in total. The van der Waals surface area contributed by atoms with Gasteiger partial charge in [-0.1, -0.05) is 30.3 Å². The first-order chi connectivity index (χ1) is 14.9. The fourth-order valence-corrected chi connectivity index (χ4v) is 3.71. The summed E-state index contributed by atoms with van der Waals surface area (Å²) in [5.74, 6) is 1.63. The SMILES string of the molecule is c1ccc(-c2cc(CNc3nc(-c4ccncc4)nc4c3CCNCC4)[nH]n2)cc1. The molecule has 0 fully saturated rings. The van der Waals surface area contributed by atoms with E-state index in [0.717, 1.165) is 65.8 Å². The normalized spacial score (nSPS) is 13.5. The van der Waals surface area contributed by atoms with Gasteiger partial charge in [-0.15, -0.1) is 0 Å². The summed E-state index contributed by atoms with van der Waals surface area (Å²) in [6.07, 6.45) is 5.35. The molecular formula is C23H23N7. The lowest BCUT2D eigenvalue weighted by Crippen LogP contribution is -2.16. The van der Waals surface area contributed by atoms with Gasteiger partial charge >= 0.3 is 0 Å². The molecule has 3 aromatic heterocycles. The van der Waals surface area contributed by atoms with Crippen LogP contribution in [-0.2, 0) is 19.4 Å². The minimum absolute atomic E-state index is 0.618. The summed E-state index contributed by atoms with van der Waals surface area (Å²) in [6, 6.07) is 16.1. The van der Waals surface area contributed by atoms with Gasteiger partial charge in [0.2, 0.25) is 0 Å². The summed E-state index contributed by atoms with van der Waals surface area (Å²) in [6.45, 7) is 2.48. The highest BCUT2D eigenvalue weighted by Gasteiger charge is 2.17. The maximum Gasteiger partial charge on any atom is 0.161 e. The number of benzene rings is 1. The van der Waals surface area contributed by atoms with E-state index in [1.54, 1.807) is 12.4 Å². The Morgan fingerprint density at radius 1 is 0.900 bits per heavy atom. The highest BCUT2D eigenvalue weighted by atomic mass is 15.1. The number of H-pyrrole nitrogens is 1. The van der Waals surface area contributed by atoms with E-state index in [4.69, 9.17) is 9.97 Å². The summed E-state index contributed by atoms with van der Waals surface area (Å²) in [5, 5.41) is 14.6. The molecule has 0 unspecified atom stereocenters. The van der Waals surface area contributed by atoms with Crippen molar-refractivity contribution < 1.29 is 0 Å². The Labute approximate surface area is 175 Å². The molecule has 1 aliphatic heterocycles. The molecule has 1 aliphatic rings. The van der Waals surface area contributed by atoms with Gasteiger partial charge in [0, 0.05) is 42.0 Å². The molecule has 7 heteroatoms. The number of hydrogen-bond acceptors (Lipinski definition) is 6. The van der Waals surface area contributed by atoms with Gasteiger partial charge in [0.15, 0.2) is 5.82 Å². The van der Waals surface area contributed by atoms with Gasteiger partial charge in [0.05, 0.1) is 23.6 Å². The number of aromatic nitrogens is 5. The van der Waals surface area contributed by atoms with Crippen molar-refractivity contribution in [2.75, 3.05) is 18.4 Å². The van der Waals surface area contributed by atoms with Gasteiger partial charge in [0.25, 0.3) is 0 Å². The summed E-state index contributed by atoms with van der Waals surface area (Å²) < 4.78 is 0. The Hall–Kier alpha value is -3.58. The van der Waals surface area contributed by atoms with Gasteiger partial charge in [-0.3, -0.25) is 10.1 Å². The molecule has 150 valence electrons. The Kier molecular flexibility index (Phi) is 5.18. The Morgan fingerprint density at radius 2 is 1.73 bits per heavy atom. The Bertz CT molecular complexity index is 1120. The first-order valence-corrected chi connectivity index (χ1v) is 10.2. The molecule has 0 spiro atoms. The smallest absolute Gasteiger partial charge is 0.161 e.